The summed E-state index contributed by atoms with van der Waals surface area (Å²) in [5.41, 5.74) is 7.08. The number of aryl methyl sites for hydroxylation is 2. The molecule has 3 aliphatic rings. The summed E-state index contributed by atoms with van der Waals surface area (Å²) in [5.74, 6) is 2.28. The normalized spacial score (nSPS) is 16.1. The zero-order valence-electron chi connectivity index (χ0n) is 29.9. The molecule has 2 aromatic carbocycles. The molecule has 0 saturated heterocycles. The van der Waals surface area contributed by atoms with Gasteiger partial charge in [0.15, 0.2) is 0 Å². The maximum absolute atomic E-state index is 9.91. The zero-order chi connectivity index (χ0) is 36.0. The molecule has 0 radical (unpaired) electrons. The predicted octanol–water partition coefficient (Wildman–Crippen LogP) is 3.75. The molecule has 7 rings (SSSR count). The number of fused-ring (bicyclic) bond motifs is 2. The van der Waals surface area contributed by atoms with Crippen LogP contribution in [0.5, 0.6) is 5.88 Å². The van der Waals surface area contributed by atoms with Crippen LogP contribution in [-0.4, -0.2) is 76.7 Å². The van der Waals surface area contributed by atoms with Crippen molar-refractivity contribution in [2.45, 2.75) is 84.2 Å². The average molecular weight is 709 g/mol. The van der Waals surface area contributed by atoms with Gasteiger partial charge in [-0.3, -0.25) is 4.81 Å². The first-order valence-corrected chi connectivity index (χ1v) is 18.0. The van der Waals surface area contributed by atoms with Crippen LogP contribution in [0.15, 0.2) is 48.8 Å². The van der Waals surface area contributed by atoms with E-state index in [0.29, 0.717) is 49.6 Å². The van der Waals surface area contributed by atoms with E-state index in [9.17, 15) is 10.1 Å². The molecule has 2 aliphatic heterocycles. The Morgan fingerprint density at radius 2 is 1.73 bits per heavy atom. The monoisotopic (exact) mass is 709 g/mol. The Balaban J connectivity index is 0.916. The van der Waals surface area contributed by atoms with Crippen molar-refractivity contribution in [2.24, 2.45) is 0 Å². The Morgan fingerprint density at radius 3 is 2.58 bits per heavy atom. The van der Waals surface area contributed by atoms with Gasteiger partial charge in [0, 0.05) is 54.6 Å². The van der Waals surface area contributed by atoms with Gasteiger partial charge in [0.1, 0.15) is 11.9 Å². The second-order valence-electron chi connectivity index (χ2n) is 13.6. The van der Waals surface area contributed by atoms with Crippen LogP contribution in [0, 0.1) is 13.8 Å². The number of hydrogen-bond donors (Lipinski definition) is 4. The minimum absolute atomic E-state index is 0.00478. The average Bonchev–Trinajstić information content (AvgIpc) is 3.74. The summed E-state index contributed by atoms with van der Waals surface area (Å²) in [6.45, 7) is 4.90. The summed E-state index contributed by atoms with van der Waals surface area (Å²) in [7, 11) is 0.394. The number of ether oxygens (including phenoxy) is 1. The molecule has 0 spiro atoms. The summed E-state index contributed by atoms with van der Waals surface area (Å²) in [4.78, 5) is 31.7. The van der Waals surface area contributed by atoms with Crippen molar-refractivity contribution in [2.75, 3.05) is 35.8 Å². The van der Waals surface area contributed by atoms with E-state index in [4.69, 9.17) is 28.7 Å². The van der Waals surface area contributed by atoms with E-state index in [1.165, 1.54) is 19.3 Å². The van der Waals surface area contributed by atoms with Crippen molar-refractivity contribution in [3.05, 3.63) is 71.0 Å². The number of hydrogen-bond acceptors (Lipinski definition) is 14. The Kier molecular flexibility index (Phi) is 11.5. The fourth-order valence-corrected chi connectivity index (χ4v) is 6.67. The van der Waals surface area contributed by atoms with E-state index in [-0.39, 0.29) is 25.4 Å². The topological polar surface area (TPSA) is 165 Å². The molecule has 2 aromatic heterocycles. The quantitative estimate of drug-likeness (QED) is 0.0611. The number of aromatic nitrogens is 4. The lowest BCUT2D eigenvalue weighted by molar-refractivity contribution is -0.223. The van der Waals surface area contributed by atoms with Gasteiger partial charge in [0.2, 0.25) is 17.8 Å². The van der Waals surface area contributed by atoms with E-state index in [0.717, 1.165) is 57.4 Å². The first kappa shape index (κ1) is 36.1. The van der Waals surface area contributed by atoms with Gasteiger partial charge in [0.25, 0.3) is 0 Å². The van der Waals surface area contributed by atoms with Crippen molar-refractivity contribution in [1.82, 2.24) is 19.9 Å². The predicted molar refractivity (Wildman–Crippen MR) is 199 cm³/mol. The van der Waals surface area contributed by atoms with Crippen molar-refractivity contribution in [1.29, 1.82) is 0 Å². The maximum Gasteiger partial charge on any atom is 0.526 e. The molecule has 1 atom stereocenters. The summed E-state index contributed by atoms with van der Waals surface area (Å²) in [6.07, 6.45) is 10.6. The Hall–Kier alpha value is -4.31. The van der Waals surface area contributed by atoms with Crippen LogP contribution in [-0.2, 0) is 32.2 Å². The van der Waals surface area contributed by atoms with Crippen LogP contribution in [0.1, 0.15) is 67.2 Å². The summed E-state index contributed by atoms with van der Waals surface area (Å²) < 4.78 is 17.5. The number of benzene rings is 2. The van der Waals surface area contributed by atoms with Gasteiger partial charge >= 0.3 is 14.2 Å². The number of rotatable bonds is 15. The van der Waals surface area contributed by atoms with Gasteiger partial charge in [-0.05, 0) is 98.7 Å². The third-order valence-corrected chi connectivity index (χ3v) is 9.76. The molecule has 0 bridgehead atoms. The SMILES string of the molecule is Cc1cnc(Nc2ccc3c(c2)COB3O)nc1NC(CCO)CCOOB1OCc2cc(N(C)c3ncc(C)c(OC4CCCCC4)n3)ccc21. The number of nitrogens with one attached hydrogen (secondary N) is 2. The fraction of sp³-hybridized carbons (Fsp3) is 0.444. The molecule has 272 valence electrons. The van der Waals surface area contributed by atoms with Crippen LogP contribution >= 0.6 is 0 Å². The third kappa shape index (κ3) is 8.49. The first-order chi connectivity index (χ1) is 25.3. The van der Waals surface area contributed by atoms with Gasteiger partial charge < -0.3 is 39.7 Å². The highest BCUT2D eigenvalue weighted by Gasteiger charge is 2.33. The number of aliphatic hydroxyl groups is 1. The lowest BCUT2D eigenvalue weighted by Gasteiger charge is -2.24. The second kappa shape index (κ2) is 16.6. The first-order valence-electron chi connectivity index (χ1n) is 18.0. The van der Waals surface area contributed by atoms with E-state index in [2.05, 4.69) is 31.7 Å². The van der Waals surface area contributed by atoms with Crippen LogP contribution < -0.4 is 31.2 Å². The number of aliphatic hydroxyl groups excluding tert-OH is 1. The molecule has 14 nitrogen and oxygen atoms in total. The van der Waals surface area contributed by atoms with Crippen LogP contribution in [0.3, 0.4) is 0 Å². The highest BCUT2D eigenvalue weighted by molar-refractivity contribution is 6.62. The van der Waals surface area contributed by atoms with Crippen molar-refractivity contribution < 1.29 is 33.9 Å². The van der Waals surface area contributed by atoms with Crippen LogP contribution in [0.4, 0.5) is 29.1 Å². The maximum atomic E-state index is 9.91. The molecule has 0 amide bonds. The Morgan fingerprint density at radius 1 is 0.942 bits per heavy atom. The summed E-state index contributed by atoms with van der Waals surface area (Å²) >= 11 is 0. The lowest BCUT2D eigenvalue weighted by atomic mass is 9.79. The summed E-state index contributed by atoms with van der Waals surface area (Å²) in [5, 5.41) is 26.3. The van der Waals surface area contributed by atoms with Gasteiger partial charge in [-0.15, -0.1) is 0 Å². The standard InChI is InChI=1S/C36H45B2N7O7/c1-23-19-39-35(42-28-9-11-31-25(17-28)21-48-37(31)47)43-33(23)41-27(13-15-46)14-16-50-52-38-32-12-10-29(18-26(32)22-49-38)45(3)36-40-20-24(2)34(44-36)51-30-7-5-4-6-8-30/h9-12,17-20,27,30,46-47H,4-8,13-16,21-22H2,1-3H3,(H2,39,41,42,43). The molecule has 1 fully saturated rings. The molecule has 1 saturated carbocycles. The van der Waals surface area contributed by atoms with Crippen LogP contribution in [0.2, 0.25) is 0 Å². The Bertz CT molecular complexity index is 1850. The molecule has 16 heteroatoms. The molecular formula is C36H45B2N7O7. The minimum atomic E-state index is -0.892. The van der Waals surface area contributed by atoms with Gasteiger partial charge in [-0.2, -0.15) is 9.97 Å². The lowest BCUT2D eigenvalue weighted by Crippen LogP contribution is -2.33. The van der Waals surface area contributed by atoms with Crippen molar-refractivity contribution >= 4 is 54.3 Å². The largest absolute Gasteiger partial charge is 0.526 e. The van der Waals surface area contributed by atoms with Crippen LogP contribution in [0.25, 0.3) is 0 Å². The van der Waals surface area contributed by atoms with Gasteiger partial charge in [0.05, 0.1) is 19.8 Å². The molecule has 4 N–H and O–H groups in total. The number of anilines is 5. The molecule has 1 unspecified atom stereocenters. The molecular weight excluding hydrogens is 664 g/mol. The van der Waals surface area contributed by atoms with Gasteiger partial charge in [-0.25, -0.2) is 14.9 Å². The highest BCUT2D eigenvalue weighted by atomic mass is 17.2. The Labute approximate surface area is 304 Å². The molecule has 4 heterocycles. The molecule has 52 heavy (non-hydrogen) atoms. The highest BCUT2D eigenvalue weighted by Crippen LogP contribution is 2.29. The van der Waals surface area contributed by atoms with E-state index >= 15 is 0 Å². The van der Waals surface area contributed by atoms with E-state index < -0.39 is 14.2 Å². The second-order valence-corrected chi connectivity index (χ2v) is 13.6. The van der Waals surface area contributed by atoms with Crippen molar-refractivity contribution in [3.63, 3.8) is 0 Å². The third-order valence-electron chi connectivity index (χ3n) is 9.76. The molecule has 4 aromatic rings. The van der Waals surface area contributed by atoms with E-state index in [1.54, 1.807) is 6.20 Å². The summed E-state index contributed by atoms with van der Waals surface area (Å²) in [6, 6.07) is 11.5. The minimum Gasteiger partial charge on any atom is -0.474 e. The number of nitrogens with zero attached hydrogens (tertiary/aromatic N) is 5. The van der Waals surface area contributed by atoms with E-state index in [1.807, 2.05) is 62.3 Å². The smallest absolute Gasteiger partial charge is 0.474 e. The van der Waals surface area contributed by atoms with Crippen molar-refractivity contribution in [3.8, 4) is 5.88 Å². The molecule has 1 aliphatic carbocycles. The van der Waals surface area contributed by atoms with Gasteiger partial charge in [-0.1, -0.05) is 18.6 Å². The fourth-order valence-electron chi connectivity index (χ4n) is 6.67. The zero-order valence-corrected chi connectivity index (χ0v) is 29.9.